The summed E-state index contributed by atoms with van der Waals surface area (Å²) in [6, 6.07) is 5.56. The molecule has 0 fully saturated rings. The Kier molecular flexibility index (Phi) is 5.18. The summed E-state index contributed by atoms with van der Waals surface area (Å²) in [7, 11) is 0. The summed E-state index contributed by atoms with van der Waals surface area (Å²) in [5, 5.41) is 26.7. The molecule has 0 aliphatic rings. The first kappa shape index (κ1) is 20.5. The van der Waals surface area contributed by atoms with Crippen LogP contribution in [0.4, 0.5) is 13.2 Å². The van der Waals surface area contributed by atoms with Crippen molar-refractivity contribution in [2.45, 2.75) is 26.1 Å². The van der Waals surface area contributed by atoms with E-state index >= 15 is 0 Å². The molecule has 152 valence electrons. The topological polar surface area (TPSA) is 97.2 Å². The smallest absolute Gasteiger partial charge is 0.486 e. The third-order valence-electron chi connectivity index (χ3n) is 3.85. The Morgan fingerprint density at radius 2 is 1.79 bits per heavy atom. The molecule has 0 spiro atoms. The van der Waals surface area contributed by atoms with Crippen molar-refractivity contribution in [2.24, 2.45) is 0 Å². The zero-order valence-corrected chi connectivity index (χ0v) is 15.8. The highest BCUT2D eigenvalue weighted by Crippen LogP contribution is 2.31. The molecule has 0 N–H and O–H groups in total. The van der Waals surface area contributed by atoms with Crippen molar-refractivity contribution < 1.29 is 37.0 Å². The van der Waals surface area contributed by atoms with Gasteiger partial charge in [0, 0.05) is 12.1 Å². The average molecular weight is 426 g/mol. The number of hydrogen-bond acceptors (Lipinski definition) is 6. The summed E-state index contributed by atoms with van der Waals surface area (Å²) in [6.45, 7) is 3.18. The zero-order valence-electron chi connectivity index (χ0n) is 15.0. The molecule has 0 aliphatic heterocycles. The van der Waals surface area contributed by atoms with Gasteiger partial charge in [-0.25, -0.2) is 4.79 Å². The van der Waals surface area contributed by atoms with E-state index in [2.05, 4.69) is 0 Å². The second-order valence-electron chi connectivity index (χ2n) is 6.25. The Morgan fingerprint density at radius 3 is 2.34 bits per heavy atom. The van der Waals surface area contributed by atoms with E-state index < -0.39 is 51.2 Å². The molecule has 0 saturated carbocycles. The van der Waals surface area contributed by atoms with Crippen LogP contribution >= 0.6 is 11.3 Å². The summed E-state index contributed by atoms with van der Waals surface area (Å²) in [5.74, 6) is -2.07. The van der Waals surface area contributed by atoms with E-state index in [4.69, 9.17) is 4.74 Å². The van der Waals surface area contributed by atoms with Gasteiger partial charge in [0.1, 0.15) is 0 Å². The number of rotatable bonds is 4. The van der Waals surface area contributed by atoms with E-state index in [0.717, 1.165) is 29.5 Å². The lowest BCUT2D eigenvalue weighted by Crippen LogP contribution is -2.50. The van der Waals surface area contributed by atoms with E-state index in [0.29, 0.717) is 0 Å². The molecular weight excluding hydrogens is 413 g/mol. The molecule has 0 radical (unpaired) electrons. The van der Waals surface area contributed by atoms with Crippen LogP contribution in [0.5, 0.6) is 0 Å². The molecule has 1 aromatic carbocycles. The SMILES string of the molecule is CC(C)OC(=O)c1ccc2c(c1)[n+]([O-])c(C(=O)c1cccs1)c(C(F)(F)F)[n+]2[O-]. The first-order valence-corrected chi connectivity index (χ1v) is 9.09. The Bertz CT molecular complexity index is 1110. The molecule has 11 heteroatoms. The van der Waals surface area contributed by atoms with Crippen LogP contribution in [0.3, 0.4) is 0 Å². The minimum absolute atomic E-state index is 0.144. The number of ether oxygens (including phenoxy) is 1. The van der Waals surface area contributed by atoms with Crippen molar-refractivity contribution in [3.63, 3.8) is 0 Å². The van der Waals surface area contributed by atoms with Crippen LogP contribution < -0.4 is 9.46 Å². The second kappa shape index (κ2) is 7.32. The van der Waals surface area contributed by atoms with Gasteiger partial charge in [0.05, 0.1) is 16.5 Å². The molecule has 29 heavy (non-hydrogen) atoms. The molecule has 0 saturated heterocycles. The van der Waals surface area contributed by atoms with Crippen LogP contribution in [0, 0.1) is 10.4 Å². The maximum atomic E-state index is 13.6. The number of benzene rings is 1. The normalized spacial score (nSPS) is 11.8. The van der Waals surface area contributed by atoms with E-state index in [1.807, 2.05) is 0 Å². The number of halogens is 3. The Morgan fingerprint density at radius 1 is 1.10 bits per heavy atom. The van der Waals surface area contributed by atoms with Gasteiger partial charge in [-0.2, -0.15) is 17.9 Å². The summed E-state index contributed by atoms with van der Waals surface area (Å²) < 4.78 is 44.9. The fourth-order valence-corrected chi connectivity index (χ4v) is 3.34. The van der Waals surface area contributed by atoms with Gasteiger partial charge in [0.25, 0.3) is 16.8 Å². The minimum atomic E-state index is -5.26. The van der Waals surface area contributed by atoms with Gasteiger partial charge in [0.15, 0.2) is 0 Å². The monoisotopic (exact) mass is 426 g/mol. The Labute approximate surface area is 165 Å². The quantitative estimate of drug-likeness (QED) is 0.277. The lowest BCUT2D eigenvalue weighted by Gasteiger charge is -2.14. The largest absolute Gasteiger partial charge is 0.618 e. The highest BCUT2D eigenvalue weighted by Gasteiger charge is 2.51. The highest BCUT2D eigenvalue weighted by molar-refractivity contribution is 7.12. The van der Waals surface area contributed by atoms with Crippen LogP contribution in [0.1, 0.15) is 45.3 Å². The van der Waals surface area contributed by atoms with Crippen molar-refractivity contribution >= 4 is 34.1 Å². The van der Waals surface area contributed by atoms with Crippen molar-refractivity contribution in [1.29, 1.82) is 0 Å². The predicted molar refractivity (Wildman–Crippen MR) is 95.2 cm³/mol. The van der Waals surface area contributed by atoms with Gasteiger partial charge in [-0.15, -0.1) is 16.1 Å². The zero-order chi connectivity index (χ0) is 21.5. The number of aromatic nitrogens is 2. The van der Waals surface area contributed by atoms with Gasteiger partial charge in [-0.05, 0) is 31.4 Å². The number of ketones is 1. The van der Waals surface area contributed by atoms with Gasteiger partial charge in [0.2, 0.25) is 0 Å². The number of fused-ring (bicyclic) bond motifs is 1. The molecule has 0 unspecified atom stereocenters. The number of hydrogen-bond donors (Lipinski definition) is 0. The predicted octanol–water partition coefficient (Wildman–Crippen LogP) is 2.98. The number of nitrogens with zero attached hydrogens (tertiary/aromatic N) is 2. The standard InChI is InChI=1S/C18H13F3N2O5S/c1-9(2)28-17(25)10-5-6-11-12(8-10)22(26)14(15(24)13-4-3-7-29-13)16(23(11)27)18(19,20)21/h3-9H,1-2H3. The first-order valence-electron chi connectivity index (χ1n) is 8.21. The van der Waals surface area contributed by atoms with E-state index in [1.54, 1.807) is 13.8 Å². The second-order valence-corrected chi connectivity index (χ2v) is 7.20. The molecule has 2 heterocycles. The van der Waals surface area contributed by atoms with Crippen LogP contribution in [0.15, 0.2) is 35.7 Å². The molecule has 7 nitrogen and oxygen atoms in total. The maximum Gasteiger partial charge on any atom is 0.486 e. The number of esters is 1. The van der Waals surface area contributed by atoms with E-state index in [-0.39, 0.29) is 15.2 Å². The lowest BCUT2D eigenvalue weighted by molar-refractivity contribution is -0.647. The molecule has 3 rings (SSSR count). The third-order valence-corrected chi connectivity index (χ3v) is 4.72. The molecule has 0 amide bonds. The Hall–Kier alpha value is -3.21. The third kappa shape index (κ3) is 3.73. The summed E-state index contributed by atoms with van der Waals surface area (Å²) in [5.41, 5.74) is -4.64. The van der Waals surface area contributed by atoms with Gasteiger partial charge in [-0.1, -0.05) is 6.07 Å². The van der Waals surface area contributed by atoms with Gasteiger partial charge < -0.3 is 15.2 Å². The van der Waals surface area contributed by atoms with Crippen LogP contribution in [-0.4, -0.2) is 17.9 Å². The highest BCUT2D eigenvalue weighted by atomic mass is 32.1. The van der Waals surface area contributed by atoms with E-state index in [1.165, 1.54) is 17.5 Å². The summed E-state index contributed by atoms with van der Waals surface area (Å²) in [4.78, 5) is 24.5. The van der Waals surface area contributed by atoms with Crippen molar-refractivity contribution in [3.8, 4) is 0 Å². The average Bonchev–Trinajstić information content (AvgIpc) is 3.16. The number of carbonyl (C=O) groups is 2. The molecule has 0 aliphatic carbocycles. The Balaban J connectivity index is 2.33. The van der Waals surface area contributed by atoms with Crippen molar-refractivity contribution in [3.05, 3.63) is 68.0 Å². The van der Waals surface area contributed by atoms with Crippen LogP contribution in [0.2, 0.25) is 0 Å². The fraction of sp³-hybridized carbons (Fsp3) is 0.222. The molecule has 0 bridgehead atoms. The fourth-order valence-electron chi connectivity index (χ4n) is 2.67. The summed E-state index contributed by atoms with van der Waals surface area (Å²) in [6.07, 6.45) is -5.75. The maximum absolute atomic E-state index is 13.6. The van der Waals surface area contributed by atoms with Crippen molar-refractivity contribution in [1.82, 2.24) is 0 Å². The molecule has 3 aromatic rings. The number of carbonyl (C=O) groups excluding carboxylic acids is 2. The molecule has 0 atom stereocenters. The first-order chi connectivity index (χ1) is 13.5. The lowest BCUT2D eigenvalue weighted by atomic mass is 10.1. The summed E-state index contributed by atoms with van der Waals surface area (Å²) >= 11 is 0.825. The van der Waals surface area contributed by atoms with Gasteiger partial charge >= 0.3 is 23.5 Å². The van der Waals surface area contributed by atoms with Crippen LogP contribution in [-0.2, 0) is 10.9 Å². The molecular formula is C18H13F3N2O5S. The van der Waals surface area contributed by atoms with Crippen molar-refractivity contribution in [2.75, 3.05) is 0 Å². The van der Waals surface area contributed by atoms with E-state index in [9.17, 15) is 33.2 Å². The minimum Gasteiger partial charge on any atom is -0.618 e. The van der Waals surface area contributed by atoms with Crippen LogP contribution in [0.25, 0.3) is 11.0 Å². The van der Waals surface area contributed by atoms with Gasteiger partial charge in [-0.3, -0.25) is 4.79 Å². The number of alkyl halides is 3. The number of thiophene rings is 1. The molecule has 2 aromatic heterocycles.